The fourth-order valence-corrected chi connectivity index (χ4v) is 20.9. The molecule has 18 aromatic rings. The van der Waals surface area contributed by atoms with Crippen molar-refractivity contribution in [1.82, 2.24) is 29.9 Å². The molecule has 0 amide bonds. The quantitative estimate of drug-likeness (QED) is 0.106. The Hall–Kier alpha value is -8.86. The number of nitrogens with zero attached hydrogens (tertiary/aromatic N) is 6. The first-order valence-electron chi connectivity index (χ1n) is 43.7. The van der Waals surface area contributed by atoms with Crippen molar-refractivity contribution in [1.29, 1.82) is 0 Å². The molecule has 0 aliphatic rings. The van der Waals surface area contributed by atoms with Gasteiger partial charge in [0.25, 0.3) is 0 Å². The zero-order chi connectivity index (χ0) is 90.5. The van der Waals surface area contributed by atoms with E-state index in [-0.39, 0.29) is 88.1 Å². The molecule has 0 saturated heterocycles. The average molecular weight is 2140 g/mol. The average Bonchev–Trinajstić information content (AvgIpc) is 1.62. The zero-order valence-electron chi connectivity index (χ0n) is 79.4. The molecule has 9 aromatic heterocycles. The number of aromatic nitrogens is 6. The molecule has 0 saturated carbocycles. The summed E-state index contributed by atoms with van der Waals surface area (Å²) in [7, 11) is -4.21. The molecule has 6 nitrogen and oxygen atoms in total. The molecular formula is C99H90Ir3N6S3Si3-6. The van der Waals surface area contributed by atoms with Gasteiger partial charge < -0.3 is 29.9 Å². The predicted molar refractivity (Wildman–Crippen MR) is 487 cm³/mol. The van der Waals surface area contributed by atoms with Crippen molar-refractivity contribution >= 4 is 134 Å². The topological polar surface area (TPSA) is 77.3 Å². The number of hydrogen-bond donors (Lipinski definition) is 0. The van der Waals surface area contributed by atoms with Gasteiger partial charge in [0.2, 0.25) is 0 Å². The molecule has 15 heteroatoms. The van der Waals surface area contributed by atoms with E-state index >= 15 is 0 Å². The van der Waals surface area contributed by atoms with Crippen molar-refractivity contribution < 1.29 is 80.9 Å². The number of rotatable bonds is 9. The number of benzene rings is 9. The molecular weight excluding hydrogens is 2030 g/mol. The fraction of sp³-hybridized carbons (Fsp3) is 0.152. The normalized spacial score (nSPS) is 13.6. The Morgan fingerprint density at radius 3 is 0.991 bits per heavy atom. The maximum absolute atomic E-state index is 7.53. The molecule has 9 aromatic carbocycles. The Kier molecular flexibility index (Phi) is 23.5. The smallest absolute Gasteiger partial charge is 0.0794 e. The SMILES string of the molecule is Cc1ccc(-c2[c-]cccc2)nc1.[2H]C([2H])([2H])c1ccc(-c2[c-]ccc3c2sc2c([Si](C)(C)C)cccc23)nc1.[2H]C([2H])([2H])c1ccc(-c2[c-]ccc3c2sc2cc([Si](C)(C)C)ccc23)nc1.[2H]C([2H])([2H])c1ccc(-c2[c-]ccc3c2sc2ccc([Si](C)(C)C)cc23)nc1.[2H]C([2H])([2H])c1ccc(-c2[c-]cccc2)nc1.[2H]C([2H])([2H])c1ccc(-c2[c-]cccc2)nc1.[Ir].[Ir].[Ir]. The summed E-state index contributed by atoms with van der Waals surface area (Å²) in [5, 5.41) is 11.8. The summed E-state index contributed by atoms with van der Waals surface area (Å²) in [6.45, 7) is 12.7. The van der Waals surface area contributed by atoms with E-state index < -0.39 is 58.5 Å². The minimum absolute atomic E-state index is 0. The zero-order valence-corrected chi connectivity index (χ0v) is 77.0. The molecule has 0 N–H and O–H groups in total. The standard InChI is InChI=1S/3C21H20NSSi.3C12H10N.3Ir/c1-14-11-12-18(22-13-14)17-9-5-7-15-16-8-6-10-19(24(2,3)4)21(16)23-20(15)17;1-14-8-11-19(22-13-14)18-7-5-6-17-16-10-9-15(24(2,3)4)12-20(16)23-21(17)18;1-14-8-10-19(22-13-14)17-7-5-6-16-18-12-15(24(2,3)4)9-11-20(18)23-21(16)17;3*1-10-7-8-12(13-9-10)11-5-3-2-4-6-11;;;/h5-8,10-13H,1-4H3;2*5-6,8-13H,1-4H3;3*2-5,7-9H,1H3;;;/q6*-1;;;/i5*1D3;;;;. The van der Waals surface area contributed by atoms with E-state index in [0.29, 0.717) is 0 Å². The minimum atomic E-state index is -2.13. The van der Waals surface area contributed by atoms with Crippen LogP contribution in [0.15, 0.2) is 274 Å². The maximum atomic E-state index is 7.53. The third kappa shape index (κ3) is 21.6. The molecule has 579 valence electrons. The van der Waals surface area contributed by atoms with Crippen LogP contribution in [0.3, 0.4) is 0 Å². The first-order chi connectivity index (χ1) is 59.4. The van der Waals surface area contributed by atoms with Gasteiger partial charge in [-0.05, 0) is 156 Å². The predicted octanol–water partition coefficient (Wildman–Crippen LogP) is 25.9. The van der Waals surface area contributed by atoms with Gasteiger partial charge in [-0.25, -0.2) is 0 Å². The van der Waals surface area contributed by atoms with E-state index in [9.17, 15) is 0 Å². The van der Waals surface area contributed by atoms with Crippen molar-refractivity contribution in [3.05, 3.63) is 344 Å². The molecule has 3 radical (unpaired) electrons. The van der Waals surface area contributed by atoms with Crippen LogP contribution in [0, 0.1) is 77.6 Å². The summed E-state index contributed by atoms with van der Waals surface area (Å²) < 4.78 is 118. The molecule has 0 bridgehead atoms. The van der Waals surface area contributed by atoms with Gasteiger partial charge in [-0.3, -0.25) is 0 Å². The van der Waals surface area contributed by atoms with Crippen LogP contribution in [0.4, 0.5) is 0 Å². The van der Waals surface area contributed by atoms with E-state index in [4.69, 9.17) is 20.6 Å². The third-order valence-electron chi connectivity index (χ3n) is 18.3. The fourth-order valence-electron chi connectivity index (χ4n) is 12.4. The summed E-state index contributed by atoms with van der Waals surface area (Å²) in [5.41, 5.74) is 12.7. The van der Waals surface area contributed by atoms with Gasteiger partial charge in [-0.2, -0.15) is 34.0 Å². The maximum Gasteiger partial charge on any atom is 0.0794 e. The molecule has 0 spiro atoms. The van der Waals surface area contributed by atoms with E-state index in [1.54, 1.807) is 107 Å². The van der Waals surface area contributed by atoms with Crippen molar-refractivity contribution in [2.45, 2.75) is 100 Å². The third-order valence-corrected chi connectivity index (χ3v) is 28.3. The van der Waals surface area contributed by atoms with Crippen LogP contribution in [-0.4, -0.2) is 54.1 Å². The summed E-state index contributed by atoms with van der Waals surface area (Å²) >= 11 is 5.31. The second-order valence-corrected chi connectivity index (χ2v) is 48.0. The molecule has 0 aliphatic carbocycles. The van der Waals surface area contributed by atoms with Crippen molar-refractivity contribution in [3.8, 4) is 67.5 Å². The molecule has 0 aliphatic heterocycles. The molecule has 0 unspecified atom stereocenters. The van der Waals surface area contributed by atoms with E-state index in [2.05, 4.69) is 204 Å². The number of aryl methyl sites for hydroxylation is 6. The largest absolute Gasteiger partial charge is 0.304 e. The van der Waals surface area contributed by atoms with Crippen molar-refractivity contribution in [2.24, 2.45) is 0 Å². The second kappa shape index (κ2) is 39.2. The van der Waals surface area contributed by atoms with Gasteiger partial charge in [-0.1, -0.05) is 201 Å². The molecule has 114 heavy (non-hydrogen) atoms. The van der Waals surface area contributed by atoms with Crippen LogP contribution in [0.1, 0.15) is 53.9 Å². The Labute approximate surface area is 750 Å². The van der Waals surface area contributed by atoms with Crippen molar-refractivity contribution in [3.63, 3.8) is 0 Å². The first kappa shape index (κ1) is 68.4. The van der Waals surface area contributed by atoms with E-state index in [1.165, 1.54) is 98.5 Å². The molecule has 0 atom stereocenters. The van der Waals surface area contributed by atoms with Crippen LogP contribution in [-0.2, 0) is 60.3 Å². The van der Waals surface area contributed by atoms with Gasteiger partial charge in [-0.15, -0.1) is 179 Å². The Morgan fingerprint density at radius 2 is 0.623 bits per heavy atom. The summed E-state index contributed by atoms with van der Waals surface area (Å²) in [5.74, 6) is 0. The second-order valence-electron chi connectivity index (χ2n) is 29.7. The van der Waals surface area contributed by atoms with Crippen LogP contribution in [0.5, 0.6) is 0 Å². The van der Waals surface area contributed by atoms with Gasteiger partial charge in [0.1, 0.15) is 0 Å². The van der Waals surface area contributed by atoms with Crippen LogP contribution in [0.2, 0.25) is 58.9 Å². The van der Waals surface area contributed by atoms with Gasteiger partial charge in [0, 0.05) is 132 Å². The van der Waals surface area contributed by atoms with Gasteiger partial charge in [0.15, 0.2) is 0 Å². The first-order valence-corrected chi connectivity index (χ1v) is 49.2. The number of thiophene rings is 3. The molecule has 0 fully saturated rings. The van der Waals surface area contributed by atoms with E-state index in [1.807, 2.05) is 98.0 Å². The van der Waals surface area contributed by atoms with E-state index in [0.717, 1.165) is 81.6 Å². The van der Waals surface area contributed by atoms with Crippen LogP contribution in [0.25, 0.3) is 128 Å². The number of hydrogen-bond acceptors (Lipinski definition) is 9. The molecule has 18 rings (SSSR count). The van der Waals surface area contributed by atoms with Gasteiger partial charge in [0.05, 0.1) is 24.2 Å². The molecule has 9 heterocycles. The van der Waals surface area contributed by atoms with Crippen molar-refractivity contribution in [2.75, 3.05) is 0 Å². The number of fused-ring (bicyclic) bond motifs is 9. The Bertz CT molecular complexity index is 6620. The minimum Gasteiger partial charge on any atom is -0.304 e. The number of pyridine rings is 6. The Balaban J connectivity index is 0.000000164. The van der Waals surface area contributed by atoms with Crippen LogP contribution >= 0.6 is 34.0 Å². The monoisotopic (exact) mass is 2140 g/mol. The van der Waals surface area contributed by atoms with Gasteiger partial charge >= 0.3 is 0 Å². The Morgan fingerprint density at radius 1 is 0.272 bits per heavy atom. The summed E-state index contributed by atoms with van der Waals surface area (Å²) in [6.07, 6.45) is 9.01. The van der Waals surface area contributed by atoms with Crippen LogP contribution < -0.4 is 15.6 Å². The summed E-state index contributed by atoms with van der Waals surface area (Å²) in [4.78, 5) is 25.8. The summed E-state index contributed by atoms with van der Waals surface area (Å²) in [6, 6.07) is 95.2.